The van der Waals surface area contributed by atoms with Crippen molar-refractivity contribution in [2.45, 2.75) is 96.5 Å². The van der Waals surface area contributed by atoms with Crippen LogP contribution in [-0.2, 0) is 11.2 Å². The highest BCUT2D eigenvalue weighted by Crippen LogP contribution is 2.34. The number of esters is 1. The van der Waals surface area contributed by atoms with Crippen LogP contribution in [0.5, 0.6) is 17.2 Å². The van der Waals surface area contributed by atoms with Crippen LogP contribution in [0.3, 0.4) is 0 Å². The third-order valence-electron chi connectivity index (χ3n) is 6.95. The van der Waals surface area contributed by atoms with Gasteiger partial charge >= 0.3 is 5.97 Å². The highest BCUT2D eigenvalue weighted by Gasteiger charge is 2.32. The van der Waals surface area contributed by atoms with Crippen LogP contribution in [0.1, 0.15) is 99.9 Å². The van der Waals surface area contributed by atoms with Crippen molar-refractivity contribution in [1.82, 2.24) is 0 Å². The molecule has 0 aliphatic carbocycles. The minimum absolute atomic E-state index is 0.0515. The lowest BCUT2D eigenvalue weighted by Crippen LogP contribution is -2.23. The molecule has 1 atom stereocenters. The molecule has 1 aliphatic heterocycles. The maximum Gasteiger partial charge on any atom is 0.311 e. The number of Topliss-reactive ketones (excluding diaryl/α,β-unsaturated/α-hetero) is 1. The number of fused-ring (bicyclic) bond motifs is 1. The van der Waals surface area contributed by atoms with Crippen molar-refractivity contribution in [1.29, 1.82) is 0 Å². The Labute approximate surface area is 234 Å². The van der Waals surface area contributed by atoms with Gasteiger partial charge in [0.05, 0.1) is 12.7 Å². The molecule has 0 radical (unpaired) electrons. The quantitative estimate of drug-likeness (QED) is 0.0832. The number of methoxy groups -OCH3 is 1. The molecule has 0 saturated heterocycles. The third kappa shape index (κ3) is 10.7. The molecule has 0 N–H and O–H groups in total. The van der Waals surface area contributed by atoms with Gasteiger partial charge in [0.25, 0.3) is 0 Å². The molecule has 1 heterocycles. The molecule has 3 rings (SSSR count). The third-order valence-corrected chi connectivity index (χ3v) is 6.95. The number of ether oxygens (including phenoxy) is 3. The monoisotopic (exact) mass is 532 g/mol. The van der Waals surface area contributed by atoms with E-state index in [-0.39, 0.29) is 11.8 Å². The van der Waals surface area contributed by atoms with E-state index in [0.29, 0.717) is 29.9 Å². The van der Waals surface area contributed by atoms with E-state index in [0.717, 1.165) is 37.0 Å². The molecule has 1 unspecified atom stereocenters. The zero-order valence-corrected chi connectivity index (χ0v) is 23.7. The van der Waals surface area contributed by atoms with E-state index in [2.05, 4.69) is 31.2 Å². The number of hydrogen-bond acceptors (Lipinski definition) is 5. The normalized spacial score (nSPS) is 14.6. The van der Waals surface area contributed by atoms with Crippen LogP contribution in [0.25, 0.3) is 0 Å². The predicted octanol–water partition coefficient (Wildman–Crippen LogP) is 8.60. The van der Waals surface area contributed by atoms with Crippen molar-refractivity contribution in [2.75, 3.05) is 7.11 Å². The van der Waals surface area contributed by atoms with Crippen LogP contribution in [0.2, 0.25) is 0 Å². The second-order valence-corrected chi connectivity index (χ2v) is 10.2. The Bertz CT molecular complexity index is 1080. The average Bonchev–Trinajstić information content (AvgIpc) is 3.25. The second-order valence-electron chi connectivity index (χ2n) is 10.2. The Morgan fingerprint density at radius 1 is 0.846 bits per heavy atom. The SMILES string of the molecule is CCCCC/C=C/C=C/CCCCCCCCC(=O)Oc1ccc2c(c1)OC(Cc1ccc(OC)cc1)C2=O. The molecule has 5 nitrogen and oxygen atoms in total. The van der Waals surface area contributed by atoms with Gasteiger partial charge in [-0.1, -0.05) is 81.9 Å². The van der Waals surface area contributed by atoms with Crippen LogP contribution in [0.15, 0.2) is 66.8 Å². The fourth-order valence-corrected chi connectivity index (χ4v) is 4.64. The van der Waals surface area contributed by atoms with Gasteiger partial charge in [-0.05, 0) is 61.9 Å². The van der Waals surface area contributed by atoms with Gasteiger partial charge in [0.15, 0.2) is 6.10 Å². The molecular weight excluding hydrogens is 488 g/mol. The largest absolute Gasteiger partial charge is 0.497 e. The topological polar surface area (TPSA) is 61.8 Å². The summed E-state index contributed by atoms with van der Waals surface area (Å²) < 4.78 is 16.6. The summed E-state index contributed by atoms with van der Waals surface area (Å²) in [5, 5.41) is 0. The lowest BCUT2D eigenvalue weighted by Gasteiger charge is -2.10. The van der Waals surface area contributed by atoms with Gasteiger partial charge in [-0.15, -0.1) is 0 Å². The number of carbonyl (C=O) groups excluding carboxylic acids is 2. The van der Waals surface area contributed by atoms with Gasteiger partial charge in [0, 0.05) is 18.9 Å². The smallest absolute Gasteiger partial charge is 0.311 e. The molecule has 39 heavy (non-hydrogen) atoms. The van der Waals surface area contributed by atoms with Crippen molar-refractivity contribution in [3.63, 3.8) is 0 Å². The summed E-state index contributed by atoms with van der Waals surface area (Å²) in [5.41, 5.74) is 1.52. The molecular formula is C34H44O5. The number of benzene rings is 2. The maximum absolute atomic E-state index is 12.8. The fourth-order valence-electron chi connectivity index (χ4n) is 4.64. The first-order valence-electron chi connectivity index (χ1n) is 14.6. The zero-order valence-electron chi connectivity index (χ0n) is 23.7. The molecule has 2 aromatic rings. The predicted molar refractivity (Wildman–Crippen MR) is 157 cm³/mol. The summed E-state index contributed by atoms with van der Waals surface area (Å²) in [4.78, 5) is 25.1. The van der Waals surface area contributed by atoms with E-state index < -0.39 is 6.10 Å². The zero-order chi connectivity index (χ0) is 27.7. The standard InChI is InChI=1S/C34H44O5/c1-3-4-5-6-7-8-9-10-11-12-13-14-15-16-17-18-33(35)38-29-23-24-30-31(26-29)39-32(34(30)36)25-27-19-21-28(37-2)22-20-27/h7-10,19-24,26,32H,3-6,11-18,25H2,1-2H3/b8-7+,10-9+. The highest BCUT2D eigenvalue weighted by molar-refractivity contribution is 6.04. The molecule has 210 valence electrons. The number of rotatable bonds is 18. The van der Waals surface area contributed by atoms with Gasteiger partial charge in [0.2, 0.25) is 5.78 Å². The number of hydrogen-bond donors (Lipinski definition) is 0. The number of allylic oxidation sites excluding steroid dienone is 4. The molecule has 2 aromatic carbocycles. The second kappa shape index (κ2) is 17.3. The molecule has 0 spiro atoms. The van der Waals surface area contributed by atoms with Crippen molar-refractivity contribution >= 4 is 11.8 Å². The molecule has 0 amide bonds. The van der Waals surface area contributed by atoms with Gasteiger partial charge in [0.1, 0.15) is 17.2 Å². The van der Waals surface area contributed by atoms with E-state index in [9.17, 15) is 9.59 Å². The van der Waals surface area contributed by atoms with Gasteiger partial charge < -0.3 is 14.2 Å². The Morgan fingerprint density at radius 3 is 2.18 bits per heavy atom. The fraction of sp³-hybridized carbons (Fsp3) is 0.471. The summed E-state index contributed by atoms with van der Waals surface area (Å²) in [7, 11) is 1.62. The number of carbonyl (C=O) groups is 2. The lowest BCUT2D eigenvalue weighted by molar-refractivity contribution is -0.134. The maximum atomic E-state index is 12.8. The lowest BCUT2D eigenvalue weighted by atomic mass is 10.0. The number of unbranched alkanes of at least 4 members (excludes halogenated alkanes) is 9. The summed E-state index contributed by atoms with van der Waals surface area (Å²) in [6, 6.07) is 12.6. The van der Waals surface area contributed by atoms with Gasteiger partial charge in [-0.2, -0.15) is 0 Å². The Kier molecular flexibility index (Phi) is 13.4. The van der Waals surface area contributed by atoms with Crippen molar-refractivity contribution in [3.05, 3.63) is 77.9 Å². The first-order chi connectivity index (χ1) is 19.1. The Balaban J connectivity index is 1.27. The molecule has 0 fully saturated rings. The first-order valence-corrected chi connectivity index (χ1v) is 14.6. The van der Waals surface area contributed by atoms with Gasteiger partial charge in [-0.25, -0.2) is 0 Å². The molecule has 0 bridgehead atoms. The number of ketones is 1. The molecule has 0 aromatic heterocycles. The van der Waals surface area contributed by atoms with Crippen LogP contribution < -0.4 is 14.2 Å². The Hall–Kier alpha value is -3.34. The average molecular weight is 533 g/mol. The van der Waals surface area contributed by atoms with E-state index in [1.54, 1.807) is 25.3 Å². The van der Waals surface area contributed by atoms with Crippen LogP contribution in [0.4, 0.5) is 0 Å². The summed E-state index contributed by atoms with van der Waals surface area (Å²) >= 11 is 0. The van der Waals surface area contributed by atoms with E-state index in [4.69, 9.17) is 14.2 Å². The van der Waals surface area contributed by atoms with Crippen molar-refractivity contribution in [3.8, 4) is 17.2 Å². The minimum Gasteiger partial charge on any atom is -0.497 e. The summed E-state index contributed by atoms with van der Waals surface area (Å²) in [6.07, 6.45) is 22.0. The van der Waals surface area contributed by atoms with Gasteiger partial charge in [-0.3, -0.25) is 9.59 Å². The van der Waals surface area contributed by atoms with Crippen LogP contribution in [0, 0.1) is 0 Å². The molecule has 0 saturated carbocycles. The molecule has 5 heteroatoms. The molecule has 1 aliphatic rings. The minimum atomic E-state index is -0.576. The highest BCUT2D eigenvalue weighted by atomic mass is 16.5. The first kappa shape index (κ1) is 30.2. The van der Waals surface area contributed by atoms with Crippen molar-refractivity contribution < 1.29 is 23.8 Å². The van der Waals surface area contributed by atoms with Crippen LogP contribution in [-0.4, -0.2) is 25.0 Å². The summed E-state index contributed by atoms with van der Waals surface area (Å²) in [6.45, 7) is 2.23. The van der Waals surface area contributed by atoms with E-state index >= 15 is 0 Å². The summed E-state index contributed by atoms with van der Waals surface area (Å²) in [5.74, 6) is 1.36. The van der Waals surface area contributed by atoms with Crippen LogP contribution >= 0.6 is 0 Å². The van der Waals surface area contributed by atoms with E-state index in [1.807, 2.05) is 24.3 Å². The Morgan fingerprint density at radius 2 is 1.49 bits per heavy atom. The van der Waals surface area contributed by atoms with Crippen molar-refractivity contribution in [2.24, 2.45) is 0 Å². The van der Waals surface area contributed by atoms with E-state index in [1.165, 1.54) is 44.9 Å².